The molecular weight excluding hydrogens is 367 g/mol. The summed E-state index contributed by atoms with van der Waals surface area (Å²) in [6, 6.07) is 10.6. The maximum Gasteiger partial charge on any atom is 0.416 e. The Morgan fingerprint density at radius 2 is 1.82 bits per heavy atom. The molecule has 1 aromatic carbocycles. The third kappa shape index (κ3) is 2.61. The first-order valence-electron chi connectivity index (χ1n) is 8.45. The number of aromatic nitrogens is 4. The smallest absolute Gasteiger partial charge is 0.338 e. The van der Waals surface area contributed by atoms with E-state index < -0.39 is 11.7 Å². The molecule has 0 saturated heterocycles. The van der Waals surface area contributed by atoms with Crippen molar-refractivity contribution in [3.63, 3.8) is 0 Å². The molecule has 5 nitrogen and oxygen atoms in total. The molecule has 0 unspecified atom stereocenters. The van der Waals surface area contributed by atoms with Crippen LogP contribution in [0.3, 0.4) is 0 Å². The van der Waals surface area contributed by atoms with Crippen molar-refractivity contribution in [2.24, 2.45) is 0 Å². The zero-order valence-electron chi connectivity index (χ0n) is 14.2. The fourth-order valence-corrected chi connectivity index (χ4v) is 3.28. The molecule has 2 N–H and O–H groups in total. The number of anilines is 2. The molecule has 0 fully saturated rings. The molecular formula is C20H12F3N5. The number of benzene rings is 1. The van der Waals surface area contributed by atoms with Crippen molar-refractivity contribution in [1.29, 1.82) is 0 Å². The summed E-state index contributed by atoms with van der Waals surface area (Å²) in [6.45, 7) is 0. The van der Waals surface area contributed by atoms with Gasteiger partial charge in [0.2, 0.25) is 0 Å². The Hall–Kier alpha value is -3.68. The van der Waals surface area contributed by atoms with E-state index in [0.29, 0.717) is 28.6 Å². The second-order valence-corrected chi connectivity index (χ2v) is 6.33. The molecule has 0 radical (unpaired) electrons. The van der Waals surface area contributed by atoms with E-state index >= 15 is 0 Å². The minimum atomic E-state index is -4.42. The van der Waals surface area contributed by atoms with Crippen LogP contribution in [0.4, 0.5) is 24.7 Å². The number of hydrogen-bond donors (Lipinski definition) is 2. The standard InChI is InChI=1S/C20H12F3N5/c21-20(22,23)12-4-1-3-11(9-12)18-27-16-13-6-8-24-10-15(13)26-19-14(17(16)28-18)5-2-7-25-19/h1-10H,(H,25,26)(H,27,28). The van der Waals surface area contributed by atoms with Crippen LogP contribution in [-0.4, -0.2) is 19.9 Å². The van der Waals surface area contributed by atoms with Crippen molar-refractivity contribution < 1.29 is 13.2 Å². The second kappa shape index (κ2) is 5.91. The molecule has 0 amide bonds. The predicted octanol–water partition coefficient (Wildman–Crippen LogP) is 5.28. The zero-order chi connectivity index (χ0) is 19.3. The summed E-state index contributed by atoms with van der Waals surface area (Å²) in [7, 11) is 0. The van der Waals surface area contributed by atoms with Gasteiger partial charge in [0.1, 0.15) is 17.3 Å². The van der Waals surface area contributed by atoms with E-state index in [-0.39, 0.29) is 0 Å². The molecule has 4 heterocycles. The van der Waals surface area contributed by atoms with Gasteiger partial charge in [-0.3, -0.25) is 4.98 Å². The number of halogens is 3. The lowest BCUT2D eigenvalue weighted by Gasteiger charge is -2.09. The highest BCUT2D eigenvalue weighted by molar-refractivity contribution is 5.95. The van der Waals surface area contributed by atoms with Crippen LogP contribution < -0.4 is 5.32 Å². The number of fused-ring (bicyclic) bond motifs is 5. The summed E-state index contributed by atoms with van der Waals surface area (Å²) in [4.78, 5) is 16.3. The van der Waals surface area contributed by atoms with Gasteiger partial charge in [-0.05, 0) is 30.3 Å². The van der Waals surface area contributed by atoms with E-state index in [4.69, 9.17) is 0 Å². The topological polar surface area (TPSA) is 66.5 Å². The Labute approximate surface area is 157 Å². The number of rotatable bonds is 1. The zero-order valence-corrected chi connectivity index (χ0v) is 14.2. The number of aromatic amines is 1. The first-order chi connectivity index (χ1) is 13.5. The lowest BCUT2D eigenvalue weighted by Crippen LogP contribution is -2.04. The third-order valence-electron chi connectivity index (χ3n) is 4.57. The number of nitrogens with zero attached hydrogens (tertiary/aromatic N) is 3. The van der Waals surface area contributed by atoms with Crippen molar-refractivity contribution >= 4 is 11.5 Å². The first-order valence-corrected chi connectivity index (χ1v) is 8.45. The van der Waals surface area contributed by atoms with Crippen LogP contribution in [-0.2, 0) is 6.18 Å². The summed E-state index contributed by atoms with van der Waals surface area (Å²) < 4.78 is 39.3. The Morgan fingerprint density at radius 3 is 2.68 bits per heavy atom. The maximum absolute atomic E-state index is 13.1. The number of hydrogen-bond acceptors (Lipinski definition) is 4. The highest BCUT2D eigenvalue weighted by atomic mass is 19.4. The van der Waals surface area contributed by atoms with Gasteiger partial charge in [0, 0.05) is 29.1 Å². The Kier molecular flexibility index (Phi) is 3.48. The van der Waals surface area contributed by atoms with Crippen molar-refractivity contribution in [1.82, 2.24) is 19.9 Å². The molecule has 0 spiro atoms. The predicted molar refractivity (Wildman–Crippen MR) is 98.8 cm³/mol. The van der Waals surface area contributed by atoms with Gasteiger partial charge in [0.05, 0.1) is 23.1 Å². The van der Waals surface area contributed by atoms with E-state index in [1.807, 2.05) is 12.1 Å². The van der Waals surface area contributed by atoms with Crippen LogP contribution in [0.1, 0.15) is 5.56 Å². The quantitative estimate of drug-likeness (QED) is 0.416. The molecule has 3 aromatic heterocycles. The van der Waals surface area contributed by atoms with Crippen LogP contribution in [0, 0.1) is 0 Å². The number of nitrogens with one attached hydrogen (secondary N) is 2. The van der Waals surface area contributed by atoms with Crippen molar-refractivity contribution in [3.05, 3.63) is 66.6 Å². The fraction of sp³-hybridized carbons (Fsp3) is 0.0500. The fourth-order valence-electron chi connectivity index (χ4n) is 3.28. The van der Waals surface area contributed by atoms with Crippen LogP contribution in [0.25, 0.3) is 33.9 Å². The molecule has 138 valence electrons. The lowest BCUT2D eigenvalue weighted by atomic mass is 10.1. The molecule has 5 rings (SSSR count). The maximum atomic E-state index is 13.1. The Bertz CT molecular complexity index is 1130. The van der Waals surface area contributed by atoms with Crippen LogP contribution in [0.15, 0.2) is 61.1 Å². The van der Waals surface area contributed by atoms with Gasteiger partial charge in [-0.25, -0.2) is 9.97 Å². The van der Waals surface area contributed by atoms with Gasteiger partial charge in [0.25, 0.3) is 0 Å². The van der Waals surface area contributed by atoms with Gasteiger partial charge < -0.3 is 10.3 Å². The second-order valence-electron chi connectivity index (χ2n) is 6.33. The SMILES string of the molecule is FC(F)(F)c1cccc(-c2nc3c([nH]2)-c2ccncc2Nc2ncccc2-3)c1. The molecule has 0 aliphatic carbocycles. The monoisotopic (exact) mass is 379 g/mol. The highest BCUT2D eigenvalue weighted by Gasteiger charge is 2.31. The third-order valence-corrected chi connectivity index (χ3v) is 4.57. The molecule has 1 aliphatic rings. The summed E-state index contributed by atoms with van der Waals surface area (Å²) >= 11 is 0. The van der Waals surface area contributed by atoms with Crippen LogP contribution in [0.2, 0.25) is 0 Å². The van der Waals surface area contributed by atoms with Gasteiger partial charge in [-0.1, -0.05) is 12.1 Å². The van der Waals surface area contributed by atoms with E-state index in [1.54, 1.807) is 30.7 Å². The molecule has 0 bridgehead atoms. The average molecular weight is 379 g/mol. The van der Waals surface area contributed by atoms with E-state index in [0.717, 1.165) is 28.9 Å². The molecule has 28 heavy (non-hydrogen) atoms. The van der Waals surface area contributed by atoms with Gasteiger partial charge in [-0.15, -0.1) is 0 Å². The van der Waals surface area contributed by atoms with E-state index in [1.165, 1.54) is 6.07 Å². The molecule has 0 atom stereocenters. The van der Waals surface area contributed by atoms with Crippen molar-refractivity contribution in [3.8, 4) is 33.9 Å². The van der Waals surface area contributed by atoms with Crippen molar-refractivity contribution in [2.75, 3.05) is 5.32 Å². The van der Waals surface area contributed by atoms with E-state index in [2.05, 4.69) is 25.3 Å². The minimum Gasteiger partial charge on any atom is -0.338 e. The van der Waals surface area contributed by atoms with Crippen LogP contribution in [0.5, 0.6) is 0 Å². The largest absolute Gasteiger partial charge is 0.416 e. The Morgan fingerprint density at radius 1 is 0.929 bits per heavy atom. The first kappa shape index (κ1) is 16.5. The number of alkyl halides is 3. The van der Waals surface area contributed by atoms with Crippen LogP contribution >= 0.6 is 0 Å². The number of imidazole rings is 1. The molecule has 1 aliphatic heterocycles. The molecule has 4 aromatic rings. The summed E-state index contributed by atoms with van der Waals surface area (Å²) in [5.74, 6) is 0.966. The minimum absolute atomic E-state index is 0.357. The van der Waals surface area contributed by atoms with Gasteiger partial charge in [-0.2, -0.15) is 13.2 Å². The normalized spacial score (nSPS) is 12.4. The van der Waals surface area contributed by atoms with Gasteiger partial charge >= 0.3 is 6.18 Å². The highest BCUT2D eigenvalue weighted by Crippen LogP contribution is 2.43. The summed E-state index contributed by atoms with van der Waals surface area (Å²) in [5.41, 5.74) is 3.26. The van der Waals surface area contributed by atoms with Gasteiger partial charge in [0.15, 0.2) is 0 Å². The number of pyridine rings is 2. The lowest BCUT2D eigenvalue weighted by molar-refractivity contribution is -0.137. The summed E-state index contributed by atoms with van der Waals surface area (Å²) in [5, 5.41) is 3.24. The number of H-pyrrole nitrogens is 1. The van der Waals surface area contributed by atoms with Crippen molar-refractivity contribution in [2.45, 2.75) is 6.18 Å². The molecule has 0 saturated carbocycles. The molecule has 8 heteroatoms. The Balaban J connectivity index is 1.74. The average Bonchev–Trinajstić information content (AvgIpc) is 3.08. The van der Waals surface area contributed by atoms with E-state index in [9.17, 15) is 13.2 Å². The summed E-state index contributed by atoms with van der Waals surface area (Å²) in [6.07, 6.45) is 0.567.